The van der Waals surface area contributed by atoms with E-state index in [2.05, 4.69) is 14.7 Å². The van der Waals surface area contributed by atoms with E-state index in [1.807, 2.05) is 0 Å². The van der Waals surface area contributed by atoms with Gasteiger partial charge in [-0.2, -0.15) is 8.42 Å². The molecule has 0 bridgehead atoms. The first-order valence-corrected chi connectivity index (χ1v) is 26.0. The highest BCUT2D eigenvalue weighted by Crippen LogP contribution is 2.47. The predicted molar refractivity (Wildman–Crippen MR) is 254 cm³/mol. The molecular formula is C45H37Cl2N5O10S4. The van der Waals surface area contributed by atoms with E-state index in [0.29, 0.717) is 27.0 Å². The Morgan fingerprint density at radius 3 is 2.05 bits per heavy atom. The zero-order valence-corrected chi connectivity index (χ0v) is 39.4. The quantitative estimate of drug-likeness (QED) is 0.0811. The van der Waals surface area contributed by atoms with Crippen LogP contribution in [0.5, 0.6) is 0 Å². The maximum atomic E-state index is 15.2. The summed E-state index contributed by atoms with van der Waals surface area (Å²) in [5.74, 6) is -0.508. The lowest BCUT2D eigenvalue weighted by Gasteiger charge is -2.41. The molecule has 340 valence electrons. The first-order chi connectivity index (χ1) is 31.2. The van der Waals surface area contributed by atoms with Gasteiger partial charge in [0.05, 0.1) is 21.9 Å². The number of pyridine rings is 2. The maximum absolute atomic E-state index is 15.2. The van der Waals surface area contributed by atoms with Gasteiger partial charge in [-0.25, -0.2) is 31.6 Å². The number of nitrogens with one attached hydrogen (secondary N) is 1. The lowest BCUT2D eigenvalue weighted by atomic mass is 9.92. The second-order valence-electron chi connectivity index (χ2n) is 15.5. The number of benzene rings is 4. The minimum Gasteiger partial charge on any atom is -0.465 e. The molecule has 66 heavy (non-hydrogen) atoms. The van der Waals surface area contributed by atoms with Crippen LogP contribution in [0.3, 0.4) is 0 Å². The summed E-state index contributed by atoms with van der Waals surface area (Å²) in [5.41, 5.74) is 5.12. The van der Waals surface area contributed by atoms with Gasteiger partial charge in [0.25, 0.3) is 10.0 Å². The van der Waals surface area contributed by atoms with Gasteiger partial charge >= 0.3 is 6.09 Å². The third-order valence-electron chi connectivity index (χ3n) is 10.5. The molecule has 4 aromatic heterocycles. The topological polar surface area (TPSA) is 233 Å². The molecule has 8 aromatic rings. The van der Waals surface area contributed by atoms with E-state index in [9.17, 15) is 26.7 Å². The zero-order valence-electron chi connectivity index (χ0n) is 34.6. The lowest BCUT2D eigenvalue weighted by Crippen LogP contribution is -2.54. The minimum atomic E-state index is -4.69. The van der Waals surface area contributed by atoms with Gasteiger partial charge in [-0.05, 0) is 103 Å². The van der Waals surface area contributed by atoms with E-state index in [1.165, 1.54) is 68.2 Å². The van der Waals surface area contributed by atoms with Crippen molar-refractivity contribution >= 4 is 110 Å². The highest BCUT2D eigenvalue weighted by molar-refractivity contribution is 7.98. The Hall–Kier alpha value is -6.09. The van der Waals surface area contributed by atoms with Gasteiger partial charge in [0.15, 0.2) is 9.84 Å². The molecule has 0 saturated carbocycles. The first-order valence-electron chi connectivity index (χ1n) is 19.6. The normalized spacial score (nSPS) is 12.9. The van der Waals surface area contributed by atoms with Crippen molar-refractivity contribution in [2.75, 3.05) is 15.4 Å². The number of carbonyl (C=O) groups is 1. The van der Waals surface area contributed by atoms with Gasteiger partial charge < -0.3 is 19.7 Å². The predicted octanol–water partition coefficient (Wildman–Crippen LogP) is 10.4. The van der Waals surface area contributed by atoms with Gasteiger partial charge in [-0.1, -0.05) is 59.6 Å². The second-order valence-corrected chi connectivity index (χ2v) is 22.9. The number of nitrogens with two attached hydrogens (primary N) is 1. The monoisotopic (exact) mass is 1010 g/mol. The van der Waals surface area contributed by atoms with E-state index in [-0.39, 0.29) is 44.1 Å². The Bertz CT molecular complexity index is 3460. The molecule has 4 aromatic carbocycles. The number of fused-ring (bicyclic) bond motifs is 2. The minimum absolute atomic E-state index is 0.0235. The number of rotatable bonds is 15. The molecule has 4 heterocycles. The number of sulfonamides is 1. The smallest absolute Gasteiger partial charge is 0.413 e. The van der Waals surface area contributed by atoms with Crippen molar-refractivity contribution in [1.82, 2.24) is 9.97 Å². The van der Waals surface area contributed by atoms with Gasteiger partial charge in [0.1, 0.15) is 28.1 Å². The molecule has 0 aliphatic heterocycles. The summed E-state index contributed by atoms with van der Waals surface area (Å²) in [6.07, 6.45) is 1.10. The summed E-state index contributed by atoms with van der Waals surface area (Å²) in [7, 11) is -13.6. The molecule has 0 fully saturated rings. The molecule has 1 atom stereocenters. The largest absolute Gasteiger partial charge is 0.465 e. The fraction of sp³-hybridized carbons (Fsp3) is 0.133. The number of hydrogen-bond acceptors (Lipinski definition) is 13. The van der Waals surface area contributed by atoms with Crippen LogP contribution in [0.1, 0.15) is 35.8 Å². The Morgan fingerprint density at radius 2 is 1.38 bits per heavy atom. The van der Waals surface area contributed by atoms with Crippen LogP contribution in [0.4, 0.5) is 22.1 Å². The van der Waals surface area contributed by atoms with Crippen LogP contribution in [0.2, 0.25) is 10.0 Å². The van der Waals surface area contributed by atoms with Crippen LogP contribution in [0, 0.1) is 0 Å². The molecule has 0 saturated heterocycles. The Kier molecular flexibility index (Phi) is 12.6. The molecule has 4 N–H and O–H groups in total. The number of aromatic nitrogens is 2. The summed E-state index contributed by atoms with van der Waals surface area (Å²) in [4.78, 5) is 22.7. The molecule has 0 radical (unpaired) electrons. The third kappa shape index (κ3) is 9.45. The fourth-order valence-electron chi connectivity index (χ4n) is 7.61. The number of amides is 1. The van der Waals surface area contributed by atoms with Gasteiger partial charge in [-0.15, -0.1) is 11.8 Å². The summed E-state index contributed by atoms with van der Waals surface area (Å²) in [5, 5.41) is 9.57. The summed E-state index contributed by atoms with van der Waals surface area (Å²) in [6.45, 7) is 2.81. The molecule has 15 nitrogen and oxygen atoms in total. The van der Waals surface area contributed by atoms with Crippen molar-refractivity contribution in [3.8, 4) is 0 Å². The van der Waals surface area contributed by atoms with Gasteiger partial charge in [-0.3, -0.25) is 9.62 Å². The fourth-order valence-corrected chi connectivity index (χ4v) is 13.8. The van der Waals surface area contributed by atoms with E-state index >= 15 is 8.42 Å². The number of thioether (sulfide) groups is 1. The van der Waals surface area contributed by atoms with Crippen molar-refractivity contribution in [3.63, 3.8) is 0 Å². The number of para-hydroxylation sites is 2. The molecule has 1 unspecified atom stereocenters. The summed E-state index contributed by atoms with van der Waals surface area (Å²) in [6, 6.07) is 30.1. The van der Waals surface area contributed by atoms with Gasteiger partial charge in [0.2, 0.25) is 20.0 Å². The molecular weight excluding hydrogens is 970 g/mol. The van der Waals surface area contributed by atoms with Crippen molar-refractivity contribution in [2.24, 2.45) is 0 Å². The van der Waals surface area contributed by atoms with Crippen molar-refractivity contribution in [1.29, 1.82) is 0 Å². The summed E-state index contributed by atoms with van der Waals surface area (Å²) >= 11 is 14.1. The highest BCUT2D eigenvalue weighted by Gasteiger charge is 2.50. The van der Waals surface area contributed by atoms with E-state index in [4.69, 9.17) is 37.8 Å². The number of nitrogens with zero attached hydrogens (tertiary/aromatic N) is 3. The highest BCUT2D eigenvalue weighted by atomic mass is 35.5. The molecule has 0 aliphatic rings. The molecule has 1 amide bonds. The molecule has 0 spiro atoms. The van der Waals surface area contributed by atoms with Crippen molar-refractivity contribution in [3.05, 3.63) is 160 Å². The number of furan rings is 2. The SMILES string of the molecule is CC(C)(C(c1cc(Cl)ccc1SCc1ccnc(N)c1)S(=O)(=O)c1cc2ccccc2o1)N(C(=O)O)c1cc(CS(=O)(=O)c2ccc(Cl)cc2NS(=O)(=O)c2cc3ccccc3o2)ccn1. The van der Waals surface area contributed by atoms with Crippen LogP contribution in [0.15, 0.2) is 163 Å². The second kappa shape index (κ2) is 17.9. The van der Waals surface area contributed by atoms with Gasteiger partial charge in [0, 0.05) is 56.0 Å². The van der Waals surface area contributed by atoms with Crippen LogP contribution in [-0.2, 0) is 41.2 Å². The van der Waals surface area contributed by atoms with E-state index < -0.39 is 67.4 Å². The molecule has 21 heteroatoms. The number of hydrogen-bond donors (Lipinski definition) is 3. The molecule has 8 rings (SSSR count). The summed E-state index contributed by atoms with van der Waals surface area (Å²) < 4.78 is 99.8. The van der Waals surface area contributed by atoms with E-state index in [0.717, 1.165) is 22.6 Å². The zero-order chi connectivity index (χ0) is 47.2. The third-order valence-corrected chi connectivity index (χ3v) is 17.3. The Balaban J connectivity index is 1.18. The number of sulfone groups is 2. The standard InChI is InChI=1S/C45H37Cl2N5O10S4/c1-45(2,43(65(57,58)41-21-29-7-3-5-9-35(29)61-41)33-23-31(46)11-13-37(33)63-25-27-15-17-49-39(48)19-27)52(44(53)54)40-20-28(16-18-50-40)26-64(55,56)38-14-12-32(47)24-34(38)51-66(59,60)42-22-30-8-4-6-10-36(30)62-42/h3-24,43,51H,25-26H2,1-2H3,(H2,48,49)(H,53,54). The van der Waals surface area contributed by atoms with Crippen LogP contribution in [-0.4, -0.2) is 52.0 Å². The number of halogens is 2. The average Bonchev–Trinajstić information content (AvgIpc) is 3.90. The number of nitrogen functional groups attached to an aromatic ring is 1. The number of carboxylic acid groups (broad SMARTS) is 1. The average molecular weight is 1010 g/mol. The first kappa shape index (κ1) is 46.4. The van der Waals surface area contributed by atoms with Crippen molar-refractivity contribution < 1.29 is 44.0 Å². The van der Waals surface area contributed by atoms with Crippen LogP contribution in [0.25, 0.3) is 21.9 Å². The van der Waals surface area contributed by atoms with Crippen LogP contribution < -0.4 is 15.4 Å². The Morgan fingerprint density at radius 1 is 0.773 bits per heavy atom. The number of anilines is 3. The lowest BCUT2D eigenvalue weighted by molar-refractivity contribution is 0.193. The molecule has 0 aliphatic carbocycles. The maximum Gasteiger partial charge on any atom is 0.413 e. The van der Waals surface area contributed by atoms with Crippen molar-refractivity contribution in [2.45, 2.75) is 56.1 Å². The Labute approximate surface area is 393 Å². The van der Waals surface area contributed by atoms with E-state index in [1.54, 1.807) is 79.0 Å². The van der Waals surface area contributed by atoms with Crippen LogP contribution >= 0.6 is 35.0 Å².